The second-order valence-electron chi connectivity index (χ2n) is 6.27. The van der Waals surface area contributed by atoms with Crippen LogP contribution in [-0.2, 0) is 4.79 Å². The van der Waals surface area contributed by atoms with Gasteiger partial charge in [0.1, 0.15) is 0 Å². The zero-order valence-electron chi connectivity index (χ0n) is 13.3. The highest BCUT2D eigenvalue weighted by atomic mass is 32.2. The zero-order valence-corrected chi connectivity index (χ0v) is 14.1. The summed E-state index contributed by atoms with van der Waals surface area (Å²) in [5.74, 6) is 2.96. The second-order valence-corrected chi connectivity index (χ2v) is 7.49. The maximum absolute atomic E-state index is 11.0. The minimum absolute atomic E-state index is 0.506. The van der Waals surface area contributed by atoms with Crippen LogP contribution in [0.5, 0.6) is 0 Å². The average Bonchev–Trinajstić information content (AvgIpc) is 2.77. The highest BCUT2D eigenvalue weighted by molar-refractivity contribution is 7.99. The molecule has 0 aliphatic carbocycles. The third kappa shape index (κ3) is 3.69. The van der Waals surface area contributed by atoms with Gasteiger partial charge in [-0.15, -0.1) is 0 Å². The Morgan fingerprint density at radius 3 is 2.23 bits per heavy atom. The van der Waals surface area contributed by atoms with Gasteiger partial charge in [0.05, 0.1) is 0 Å². The second kappa shape index (κ2) is 7.27. The van der Waals surface area contributed by atoms with Crippen molar-refractivity contribution >= 4 is 29.5 Å². The Morgan fingerprint density at radius 2 is 1.59 bits per heavy atom. The van der Waals surface area contributed by atoms with Gasteiger partial charge in [0, 0.05) is 62.1 Å². The van der Waals surface area contributed by atoms with Crippen molar-refractivity contribution in [2.75, 3.05) is 60.6 Å². The van der Waals surface area contributed by atoms with Crippen LogP contribution in [-0.4, -0.2) is 62.1 Å². The van der Waals surface area contributed by atoms with Gasteiger partial charge in [-0.25, -0.2) is 0 Å². The zero-order chi connectivity index (χ0) is 15.4. The lowest BCUT2D eigenvalue weighted by molar-refractivity contribution is -0.118. The Balaban J connectivity index is 1.67. The molecule has 2 saturated heterocycles. The minimum Gasteiger partial charge on any atom is -0.370 e. The van der Waals surface area contributed by atoms with Crippen LogP contribution in [0.1, 0.15) is 6.92 Å². The summed E-state index contributed by atoms with van der Waals surface area (Å²) >= 11 is 2.04. The van der Waals surface area contributed by atoms with Crippen LogP contribution in [0.2, 0.25) is 0 Å². The molecule has 4 nitrogen and oxygen atoms in total. The average molecular weight is 319 g/mol. The number of nitrogens with zero attached hydrogens (tertiary/aromatic N) is 3. The predicted molar refractivity (Wildman–Crippen MR) is 95.0 cm³/mol. The van der Waals surface area contributed by atoms with Crippen molar-refractivity contribution < 1.29 is 4.79 Å². The number of hydrogen-bond acceptors (Lipinski definition) is 4. The molecule has 2 fully saturated rings. The van der Waals surface area contributed by atoms with E-state index in [1.807, 2.05) is 16.7 Å². The molecule has 5 heteroatoms. The Morgan fingerprint density at radius 1 is 0.955 bits per heavy atom. The van der Waals surface area contributed by atoms with Crippen LogP contribution < -0.4 is 9.80 Å². The quantitative estimate of drug-likeness (QED) is 0.798. The van der Waals surface area contributed by atoms with Gasteiger partial charge in [0.2, 0.25) is 6.41 Å². The van der Waals surface area contributed by atoms with Crippen LogP contribution in [0.15, 0.2) is 24.3 Å². The van der Waals surface area contributed by atoms with Gasteiger partial charge in [0.25, 0.3) is 0 Å². The Hall–Kier alpha value is -1.36. The smallest absolute Gasteiger partial charge is 0.209 e. The van der Waals surface area contributed by atoms with Gasteiger partial charge in [0.15, 0.2) is 0 Å². The Labute approximate surface area is 137 Å². The molecule has 3 rings (SSSR count). The van der Waals surface area contributed by atoms with Gasteiger partial charge in [-0.05, 0) is 30.2 Å². The lowest BCUT2D eigenvalue weighted by atomic mass is 10.1. The lowest BCUT2D eigenvalue weighted by Gasteiger charge is -2.29. The summed E-state index contributed by atoms with van der Waals surface area (Å²) in [5, 5.41) is 0. The van der Waals surface area contributed by atoms with Crippen molar-refractivity contribution in [3.63, 3.8) is 0 Å². The molecule has 2 aliphatic rings. The SMILES string of the molecule is CC1CN(C=O)CCN(c2ccc(N3CCSCC3)cc2)C1. The maximum Gasteiger partial charge on any atom is 0.209 e. The van der Waals surface area contributed by atoms with Gasteiger partial charge in [-0.2, -0.15) is 11.8 Å². The monoisotopic (exact) mass is 319 g/mol. The fraction of sp³-hybridized carbons (Fsp3) is 0.588. The molecule has 2 aliphatic heterocycles. The first-order chi connectivity index (χ1) is 10.8. The van der Waals surface area contributed by atoms with Crippen LogP contribution in [0, 0.1) is 5.92 Å². The number of amides is 1. The maximum atomic E-state index is 11.0. The fourth-order valence-electron chi connectivity index (χ4n) is 3.29. The molecular formula is C17H25N3OS. The normalized spacial score (nSPS) is 23.3. The van der Waals surface area contributed by atoms with Crippen molar-refractivity contribution in [3.05, 3.63) is 24.3 Å². The van der Waals surface area contributed by atoms with Crippen LogP contribution >= 0.6 is 11.8 Å². The van der Waals surface area contributed by atoms with Crippen molar-refractivity contribution in [1.29, 1.82) is 0 Å². The van der Waals surface area contributed by atoms with E-state index in [2.05, 4.69) is 41.0 Å². The summed E-state index contributed by atoms with van der Waals surface area (Å²) in [6.07, 6.45) is 0.984. The Kier molecular flexibility index (Phi) is 5.13. The molecule has 0 radical (unpaired) electrons. The number of anilines is 2. The molecule has 1 aromatic carbocycles. The van der Waals surface area contributed by atoms with Crippen LogP contribution in [0.4, 0.5) is 11.4 Å². The number of thioether (sulfide) groups is 1. The van der Waals surface area contributed by atoms with E-state index in [0.717, 1.165) is 45.7 Å². The highest BCUT2D eigenvalue weighted by Crippen LogP contribution is 2.24. The van der Waals surface area contributed by atoms with E-state index < -0.39 is 0 Å². The van der Waals surface area contributed by atoms with E-state index in [-0.39, 0.29) is 0 Å². The summed E-state index contributed by atoms with van der Waals surface area (Å²) in [6, 6.07) is 8.97. The van der Waals surface area contributed by atoms with Crippen LogP contribution in [0.25, 0.3) is 0 Å². The molecule has 0 aromatic heterocycles. The summed E-state index contributed by atoms with van der Waals surface area (Å²) < 4.78 is 0. The predicted octanol–water partition coefficient (Wildman–Crippen LogP) is 2.15. The van der Waals surface area contributed by atoms with Crippen molar-refractivity contribution in [3.8, 4) is 0 Å². The van der Waals surface area contributed by atoms with E-state index in [0.29, 0.717) is 5.92 Å². The molecular weight excluding hydrogens is 294 g/mol. The first-order valence-corrected chi connectivity index (χ1v) is 9.29. The van der Waals surface area contributed by atoms with Gasteiger partial charge in [-0.3, -0.25) is 4.79 Å². The van der Waals surface area contributed by atoms with Crippen molar-refractivity contribution in [1.82, 2.24) is 4.90 Å². The first-order valence-electron chi connectivity index (χ1n) is 8.13. The number of hydrogen-bond donors (Lipinski definition) is 0. The number of benzene rings is 1. The van der Waals surface area contributed by atoms with Crippen molar-refractivity contribution in [2.24, 2.45) is 5.92 Å². The van der Waals surface area contributed by atoms with E-state index in [1.165, 1.54) is 22.9 Å². The molecule has 0 bridgehead atoms. The molecule has 1 unspecified atom stereocenters. The molecule has 120 valence electrons. The molecule has 1 atom stereocenters. The van der Waals surface area contributed by atoms with Gasteiger partial charge < -0.3 is 14.7 Å². The summed E-state index contributed by atoms with van der Waals surface area (Å²) in [7, 11) is 0. The molecule has 22 heavy (non-hydrogen) atoms. The number of rotatable bonds is 3. The van der Waals surface area contributed by atoms with E-state index >= 15 is 0 Å². The minimum atomic E-state index is 0.506. The summed E-state index contributed by atoms with van der Waals surface area (Å²) in [5.41, 5.74) is 2.61. The molecule has 0 spiro atoms. The van der Waals surface area contributed by atoms with E-state index in [9.17, 15) is 4.79 Å². The number of carbonyl (C=O) groups is 1. The highest BCUT2D eigenvalue weighted by Gasteiger charge is 2.19. The van der Waals surface area contributed by atoms with Crippen molar-refractivity contribution in [2.45, 2.75) is 6.92 Å². The fourth-order valence-corrected chi connectivity index (χ4v) is 4.20. The van der Waals surface area contributed by atoms with Gasteiger partial charge in [-0.1, -0.05) is 6.92 Å². The third-order valence-corrected chi connectivity index (χ3v) is 5.42. The topological polar surface area (TPSA) is 26.8 Å². The van der Waals surface area contributed by atoms with Crippen LogP contribution in [0.3, 0.4) is 0 Å². The Bertz CT molecular complexity index is 487. The standard InChI is InChI=1S/C17H25N3OS/c1-15-12-18(14-21)6-7-20(13-15)17-4-2-16(3-5-17)19-8-10-22-11-9-19/h2-5,14-15H,6-13H2,1H3. The molecule has 2 heterocycles. The number of carbonyl (C=O) groups excluding carboxylic acids is 1. The van der Waals surface area contributed by atoms with E-state index in [1.54, 1.807) is 0 Å². The molecule has 1 amide bonds. The summed E-state index contributed by atoms with van der Waals surface area (Å²) in [6.45, 7) is 8.14. The summed E-state index contributed by atoms with van der Waals surface area (Å²) in [4.78, 5) is 17.8. The lowest BCUT2D eigenvalue weighted by Crippen LogP contribution is -2.32. The molecule has 0 saturated carbocycles. The van der Waals surface area contributed by atoms with Gasteiger partial charge >= 0.3 is 0 Å². The first kappa shape index (κ1) is 15.5. The molecule has 1 aromatic rings. The van der Waals surface area contributed by atoms with E-state index in [4.69, 9.17) is 0 Å². The third-order valence-electron chi connectivity index (χ3n) is 4.48. The molecule has 0 N–H and O–H groups in total. The largest absolute Gasteiger partial charge is 0.370 e.